The number of nitrogens with zero attached hydrogens (tertiary/aromatic N) is 5. The van der Waals surface area contributed by atoms with E-state index in [1.807, 2.05) is 30.5 Å². The first kappa shape index (κ1) is 18.7. The van der Waals surface area contributed by atoms with Gasteiger partial charge in [0.05, 0.1) is 37.5 Å². The number of rotatable bonds is 7. The molecule has 1 aliphatic carbocycles. The van der Waals surface area contributed by atoms with Gasteiger partial charge in [-0.2, -0.15) is 4.98 Å². The number of hydrogen-bond donors (Lipinski definition) is 2. The van der Waals surface area contributed by atoms with Crippen molar-refractivity contribution < 1.29 is 14.6 Å². The Hall–Kier alpha value is -3.30. The Labute approximate surface area is 172 Å². The van der Waals surface area contributed by atoms with Gasteiger partial charge in [-0.3, -0.25) is 9.97 Å². The van der Waals surface area contributed by atoms with Gasteiger partial charge >= 0.3 is 0 Å². The summed E-state index contributed by atoms with van der Waals surface area (Å²) in [6.07, 6.45) is 7.16. The third-order valence-electron chi connectivity index (χ3n) is 5.33. The fourth-order valence-electron chi connectivity index (χ4n) is 3.78. The zero-order chi connectivity index (χ0) is 20.5. The normalized spacial score (nSPS) is 18.5. The molecule has 1 aromatic carbocycles. The van der Waals surface area contributed by atoms with Crippen LogP contribution in [0, 0.1) is 0 Å². The molecule has 9 heteroatoms. The van der Waals surface area contributed by atoms with Gasteiger partial charge in [0.2, 0.25) is 11.8 Å². The summed E-state index contributed by atoms with van der Waals surface area (Å²) in [6.45, 7) is 0.422. The second-order valence-corrected chi connectivity index (χ2v) is 7.26. The van der Waals surface area contributed by atoms with Crippen LogP contribution in [0.3, 0.4) is 0 Å². The van der Waals surface area contributed by atoms with Crippen molar-refractivity contribution in [1.82, 2.24) is 24.6 Å². The van der Waals surface area contributed by atoms with Crippen LogP contribution in [0.2, 0.25) is 0 Å². The summed E-state index contributed by atoms with van der Waals surface area (Å²) in [4.78, 5) is 13.3. The van der Waals surface area contributed by atoms with E-state index < -0.39 is 0 Å². The van der Waals surface area contributed by atoms with Crippen molar-refractivity contribution in [3.8, 4) is 17.0 Å². The lowest BCUT2D eigenvalue weighted by atomic mass is 9.89. The van der Waals surface area contributed by atoms with Gasteiger partial charge in [0.25, 0.3) is 0 Å². The van der Waals surface area contributed by atoms with E-state index in [1.54, 1.807) is 24.0 Å². The van der Waals surface area contributed by atoms with Crippen LogP contribution in [0.25, 0.3) is 27.7 Å². The first-order chi connectivity index (χ1) is 14.7. The second kappa shape index (κ2) is 7.85. The average molecular weight is 406 g/mol. The van der Waals surface area contributed by atoms with Gasteiger partial charge in [0.1, 0.15) is 5.52 Å². The molecule has 2 N–H and O–H groups in total. The van der Waals surface area contributed by atoms with Crippen LogP contribution in [-0.2, 0) is 4.74 Å². The molecule has 1 aliphatic rings. The Morgan fingerprint density at radius 2 is 2.00 bits per heavy atom. The van der Waals surface area contributed by atoms with E-state index >= 15 is 0 Å². The van der Waals surface area contributed by atoms with Crippen LogP contribution in [0.5, 0.6) is 5.88 Å². The Morgan fingerprint density at radius 3 is 2.80 bits per heavy atom. The Bertz CT molecular complexity index is 1190. The summed E-state index contributed by atoms with van der Waals surface area (Å²) in [7, 11) is 1.61. The van der Waals surface area contributed by atoms with Crippen molar-refractivity contribution in [1.29, 1.82) is 0 Å². The van der Waals surface area contributed by atoms with Gasteiger partial charge < -0.3 is 19.9 Å². The molecule has 4 aromatic rings. The maximum atomic E-state index is 8.85. The van der Waals surface area contributed by atoms with Gasteiger partial charge in [0, 0.05) is 30.2 Å². The number of hydrogen-bond acceptors (Lipinski definition) is 8. The molecule has 0 aliphatic heterocycles. The smallest absolute Gasteiger partial charge is 0.244 e. The number of nitrogens with one attached hydrogen (secondary N) is 1. The van der Waals surface area contributed by atoms with E-state index in [9.17, 15) is 0 Å². The van der Waals surface area contributed by atoms with E-state index in [2.05, 4.69) is 25.4 Å². The maximum absolute atomic E-state index is 8.85. The molecule has 0 radical (unpaired) electrons. The number of fused-ring (bicyclic) bond motifs is 2. The number of aromatic nitrogens is 5. The maximum Gasteiger partial charge on any atom is 0.244 e. The highest BCUT2D eigenvalue weighted by molar-refractivity contribution is 5.89. The first-order valence-electron chi connectivity index (χ1n) is 9.88. The van der Waals surface area contributed by atoms with Gasteiger partial charge in [-0.05, 0) is 36.6 Å². The van der Waals surface area contributed by atoms with Gasteiger partial charge in [-0.25, -0.2) is 4.52 Å². The zero-order valence-electron chi connectivity index (χ0n) is 16.5. The number of aliphatic hydroxyl groups excluding tert-OH is 1. The number of methoxy groups -OCH3 is 1. The van der Waals surface area contributed by atoms with E-state index in [0.29, 0.717) is 18.4 Å². The SMILES string of the molecule is COc1nc(NC2CC(OCCO)C2)nn2ccc(-c3ccc4nccnc4c3)c12. The number of aliphatic hydroxyl groups is 1. The van der Waals surface area contributed by atoms with Crippen LogP contribution < -0.4 is 10.1 Å². The van der Waals surface area contributed by atoms with Crippen molar-refractivity contribution in [3.05, 3.63) is 42.9 Å². The summed E-state index contributed by atoms with van der Waals surface area (Å²) in [5.41, 5.74) is 4.43. The molecule has 1 fully saturated rings. The van der Waals surface area contributed by atoms with Crippen molar-refractivity contribution in [2.45, 2.75) is 25.0 Å². The minimum Gasteiger partial charge on any atom is -0.479 e. The number of anilines is 1. The van der Waals surface area contributed by atoms with Crippen molar-refractivity contribution in [3.63, 3.8) is 0 Å². The number of ether oxygens (including phenoxy) is 2. The lowest BCUT2D eigenvalue weighted by Gasteiger charge is -2.35. The molecule has 154 valence electrons. The molecule has 0 bridgehead atoms. The summed E-state index contributed by atoms with van der Waals surface area (Å²) in [6, 6.07) is 8.21. The van der Waals surface area contributed by atoms with E-state index in [1.165, 1.54) is 0 Å². The van der Waals surface area contributed by atoms with Gasteiger partial charge in [-0.1, -0.05) is 6.07 Å². The third kappa shape index (κ3) is 3.42. The molecule has 0 saturated heterocycles. The molecule has 30 heavy (non-hydrogen) atoms. The third-order valence-corrected chi connectivity index (χ3v) is 5.33. The monoisotopic (exact) mass is 406 g/mol. The summed E-state index contributed by atoms with van der Waals surface area (Å²) in [5, 5.41) is 16.8. The minimum atomic E-state index is 0.0469. The van der Waals surface area contributed by atoms with Crippen molar-refractivity contribution in [2.24, 2.45) is 0 Å². The molecular weight excluding hydrogens is 384 g/mol. The zero-order valence-corrected chi connectivity index (χ0v) is 16.5. The standard InChI is InChI=1S/C21H22N6O3/c1-29-20-19-16(13-2-3-17-18(10-13)23-6-5-22-17)4-7-27(19)26-21(25-20)24-14-11-15(12-14)30-9-8-28/h2-7,10,14-15,28H,8-9,11-12H2,1H3,(H,24,26). The predicted molar refractivity (Wildman–Crippen MR) is 112 cm³/mol. The predicted octanol–water partition coefficient (Wildman–Crippen LogP) is 2.30. The van der Waals surface area contributed by atoms with E-state index in [4.69, 9.17) is 14.6 Å². The Balaban J connectivity index is 1.43. The van der Waals surface area contributed by atoms with Crippen LogP contribution in [-0.4, -0.2) is 62.1 Å². The first-order valence-corrected chi connectivity index (χ1v) is 9.88. The molecule has 0 atom stereocenters. The Kier molecular flexibility index (Phi) is 4.89. The minimum absolute atomic E-state index is 0.0469. The lowest BCUT2D eigenvalue weighted by molar-refractivity contribution is -0.0196. The van der Waals surface area contributed by atoms with Crippen LogP contribution >= 0.6 is 0 Å². The Morgan fingerprint density at radius 1 is 1.17 bits per heavy atom. The fourth-order valence-corrected chi connectivity index (χ4v) is 3.78. The second-order valence-electron chi connectivity index (χ2n) is 7.26. The number of benzene rings is 1. The van der Waals surface area contributed by atoms with Crippen molar-refractivity contribution >= 4 is 22.5 Å². The molecule has 0 amide bonds. The molecule has 0 spiro atoms. The molecule has 0 unspecified atom stereocenters. The molecule has 5 rings (SSSR count). The largest absolute Gasteiger partial charge is 0.479 e. The lowest BCUT2D eigenvalue weighted by Crippen LogP contribution is -2.41. The average Bonchev–Trinajstić information content (AvgIpc) is 3.18. The van der Waals surface area contributed by atoms with Gasteiger partial charge in [0.15, 0.2) is 0 Å². The molecular formula is C21H22N6O3. The topological polar surface area (TPSA) is 107 Å². The summed E-state index contributed by atoms with van der Waals surface area (Å²) < 4.78 is 12.9. The fraction of sp³-hybridized carbons (Fsp3) is 0.333. The summed E-state index contributed by atoms with van der Waals surface area (Å²) in [5.74, 6) is 1.01. The highest BCUT2D eigenvalue weighted by atomic mass is 16.5. The highest BCUT2D eigenvalue weighted by Gasteiger charge is 2.30. The van der Waals surface area contributed by atoms with Crippen LogP contribution in [0.4, 0.5) is 5.95 Å². The van der Waals surface area contributed by atoms with E-state index in [0.717, 1.165) is 40.5 Å². The quantitative estimate of drug-likeness (QED) is 0.482. The summed E-state index contributed by atoms with van der Waals surface area (Å²) >= 11 is 0. The molecule has 1 saturated carbocycles. The van der Waals surface area contributed by atoms with Crippen LogP contribution in [0.1, 0.15) is 12.8 Å². The van der Waals surface area contributed by atoms with Gasteiger partial charge in [-0.15, -0.1) is 5.10 Å². The van der Waals surface area contributed by atoms with Crippen molar-refractivity contribution in [2.75, 3.05) is 25.6 Å². The molecule has 3 aromatic heterocycles. The molecule has 9 nitrogen and oxygen atoms in total. The molecule has 3 heterocycles. The van der Waals surface area contributed by atoms with E-state index in [-0.39, 0.29) is 18.8 Å². The van der Waals surface area contributed by atoms with Crippen LogP contribution in [0.15, 0.2) is 42.9 Å². The highest BCUT2D eigenvalue weighted by Crippen LogP contribution is 2.33.